The fraction of sp³-hybridized carbons (Fsp3) is 0.927. The van der Waals surface area contributed by atoms with Crippen molar-refractivity contribution in [2.75, 3.05) is 13.2 Å². The molecule has 6 heteroatoms. The van der Waals surface area contributed by atoms with E-state index in [2.05, 4.69) is 19.2 Å². The molecule has 0 aromatic carbocycles. The Hall–Kier alpha value is -1.40. The van der Waals surface area contributed by atoms with E-state index in [-0.39, 0.29) is 18.5 Å². The zero-order valence-corrected chi connectivity index (χ0v) is 41.2. The Morgan fingerprint density at radius 2 is 0.754 bits per heavy atom. The van der Waals surface area contributed by atoms with E-state index in [1.54, 1.807) is 6.08 Å². The van der Waals surface area contributed by atoms with E-state index in [9.17, 15) is 19.8 Å². The smallest absolute Gasteiger partial charge is 0.305 e. The van der Waals surface area contributed by atoms with Gasteiger partial charge in [-0.25, -0.2) is 0 Å². The lowest BCUT2D eigenvalue weighted by Crippen LogP contribution is -2.45. The van der Waals surface area contributed by atoms with E-state index >= 15 is 0 Å². The van der Waals surface area contributed by atoms with Gasteiger partial charge < -0.3 is 20.3 Å². The number of amides is 1. The highest BCUT2D eigenvalue weighted by Crippen LogP contribution is 2.17. The van der Waals surface area contributed by atoms with Crippen LogP contribution >= 0.6 is 0 Å². The standard InChI is InChI=1S/C55H107NO5/c1-3-5-7-9-11-13-15-16-17-19-23-26-29-33-37-41-45-49-55(60)61-50-46-42-38-34-30-27-24-21-18-20-22-25-28-32-36-40-44-48-54(59)56-52(51-57)53(58)47-43-39-35-31-14-12-10-8-6-4-2/h43,47,52-53,57-58H,3-42,44-46,48-51H2,1-2H3,(H,56,59)/b47-43+. The van der Waals surface area contributed by atoms with Gasteiger partial charge in [0.15, 0.2) is 0 Å². The van der Waals surface area contributed by atoms with Crippen molar-refractivity contribution in [1.29, 1.82) is 0 Å². The number of allylic oxidation sites excluding steroid dienone is 1. The molecule has 0 fully saturated rings. The number of ether oxygens (including phenoxy) is 1. The molecule has 0 spiro atoms. The number of carbonyl (C=O) groups is 2. The monoisotopic (exact) mass is 862 g/mol. The molecule has 1 amide bonds. The van der Waals surface area contributed by atoms with E-state index < -0.39 is 12.1 Å². The zero-order valence-electron chi connectivity index (χ0n) is 41.2. The molecule has 0 aromatic heterocycles. The van der Waals surface area contributed by atoms with Gasteiger partial charge in [0.25, 0.3) is 0 Å². The van der Waals surface area contributed by atoms with Crippen molar-refractivity contribution in [2.45, 2.75) is 315 Å². The number of rotatable bonds is 51. The van der Waals surface area contributed by atoms with Gasteiger partial charge in [-0.1, -0.05) is 270 Å². The largest absolute Gasteiger partial charge is 0.466 e. The van der Waals surface area contributed by atoms with Crippen LogP contribution in [0.25, 0.3) is 0 Å². The molecule has 61 heavy (non-hydrogen) atoms. The summed E-state index contributed by atoms with van der Waals surface area (Å²) < 4.78 is 5.48. The van der Waals surface area contributed by atoms with Gasteiger partial charge in [-0.05, 0) is 32.1 Å². The Morgan fingerprint density at radius 3 is 1.11 bits per heavy atom. The molecule has 3 N–H and O–H groups in total. The minimum atomic E-state index is -0.845. The van der Waals surface area contributed by atoms with Crippen LogP contribution in [0.5, 0.6) is 0 Å². The Bertz CT molecular complexity index is 909. The minimum absolute atomic E-state index is 0.00838. The van der Waals surface area contributed by atoms with Crippen molar-refractivity contribution < 1.29 is 24.5 Å². The van der Waals surface area contributed by atoms with Gasteiger partial charge in [0.05, 0.1) is 25.4 Å². The van der Waals surface area contributed by atoms with Crippen LogP contribution in [0.2, 0.25) is 0 Å². The van der Waals surface area contributed by atoms with Gasteiger partial charge in [0.1, 0.15) is 0 Å². The summed E-state index contributed by atoms with van der Waals surface area (Å²) in [6, 6.07) is -0.629. The maximum absolute atomic E-state index is 12.4. The van der Waals surface area contributed by atoms with Gasteiger partial charge in [-0.15, -0.1) is 0 Å². The molecule has 0 bridgehead atoms. The summed E-state index contributed by atoms with van der Waals surface area (Å²) in [4.78, 5) is 24.4. The predicted octanol–water partition coefficient (Wildman–Crippen LogP) is 16.5. The molecule has 0 heterocycles. The molecular formula is C55H107NO5. The Kier molecular flexibility index (Phi) is 50.1. The van der Waals surface area contributed by atoms with E-state index in [1.807, 2.05) is 6.08 Å². The van der Waals surface area contributed by atoms with E-state index in [0.717, 1.165) is 38.5 Å². The second-order valence-electron chi connectivity index (χ2n) is 18.9. The van der Waals surface area contributed by atoms with Crippen LogP contribution in [-0.4, -0.2) is 47.4 Å². The van der Waals surface area contributed by atoms with Crippen LogP contribution in [0, 0.1) is 0 Å². The first-order chi connectivity index (χ1) is 30.0. The summed E-state index contributed by atoms with van der Waals surface area (Å²) in [5, 5.41) is 22.9. The van der Waals surface area contributed by atoms with Crippen LogP contribution in [0.1, 0.15) is 303 Å². The summed E-state index contributed by atoms with van der Waals surface area (Å²) in [6.07, 6.45) is 59.4. The predicted molar refractivity (Wildman–Crippen MR) is 264 cm³/mol. The van der Waals surface area contributed by atoms with E-state index in [4.69, 9.17) is 4.74 Å². The molecule has 6 nitrogen and oxygen atoms in total. The van der Waals surface area contributed by atoms with Crippen LogP contribution in [0.15, 0.2) is 12.2 Å². The lowest BCUT2D eigenvalue weighted by molar-refractivity contribution is -0.143. The van der Waals surface area contributed by atoms with Crippen LogP contribution < -0.4 is 5.32 Å². The molecule has 0 aliphatic rings. The molecule has 0 rings (SSSR count). The minimum Gasteiger partial charge on any atom is -0.466 e. The zero-order chi connectivity index (χ0) is 44.4. The molecule has 0 radical (unpaired) electrons. The number of hydrogen-bond acceptors (Lipinski definition) is 5. The third-order valence-electron chi connectivity index (χ3n) is 12.8. The van der Waals surface area contributed by atoms with Crippen LogP contribution in [0.3, 0.4) is 0 Å². The third-order valence-corrected chi connectivity index (χ3v) is 12.8. The van der Waals surface area contributed by atoms with E-state index in [0.29, 0.717) is 19.4 Å². The van der Waals surface area contributed by atoms with Crippen LogP contribution in [-0.2, 0) is 14.3 Å². The Balaban J connectivity index is 3.38. The van der Waals surface area contributed by atoms with Crippen molar-refractivity contribution in [3.63, 3.8) is 0 Å². The van der Waals surface area contributed by atoms with Crippen molar-refractivity contribution in [3.05, 3.63) is 12.2 Å². The Morgan fingerprint density at radius 1 is 0.443 bits per heavy atom. The van der Waals surface area contributed by atoms with Gasteiger partial charge in [0, 0.05) is 12.8 Å². The number of esters is 1. The first-order valence-corrected chi connectivity index (χ1v) is 27.5. The lowest BCUT2D eigenvalue weighted by atomic mass is 10.0. The quantitative estimate of drug-likeness (QED) is 0.0322. The average Bonchev–Trinajstić information content (AvgIpc) is 3.26. The van der Waals surface area contributed by atoms with Crippen molar-refractivity contribution in [1.82, 2.24) is 5.32 Å². The summed E-state index contributed by atoms with van der Waals surface area (Å²) in [6.45, 7) is 4.89. The molecular weight excluding hydrogens is 755 g/mol. The first kappa shape index (κ1) is 59.6. The van der Waals surface area contributed by atoms with Crippen LogP contribution in [0.4, 0.5) is 0 Å². The summed E-state index contributed by atoms with van der Waals surface area (Å²) in [5.74, 6) is -0.0658. The van der Waals surface area contributed by atoms with E-state index in [1.165, 1.54) is 238 Å². The number of nitrogens with one attached hydrogen (secondary N) is 1. The molecule has 2 atom stereocenters. The highest BCUT2D eigenvalue weighted by Gasteiger charge is 2.18. The van der Waals surface area contributed by atoms with Gasteiger partial charge in [0.2, 0.25) is 5.91 Å². The van der Waals surface area contributed by atoms with Crippen molar-refractivity contribution in [2.24, 2.45) is 0 Å². The first-order valence-electron chi connectivity index (χ1n) is 27.5. The Labute approximate surface area is 380 Å². The maximum Gasteiger partial charge on any atom is 0.305 e. The SMILES string of the molecule is CCCCCCCCCC/C=C/C(O)C(CO)NC(=O)CCCCCCCCCCCCCCCCCCCOC(=O)CCCCCCCCCCCCCCCCCCC. The van der Waals surface area contributed by atoms with Crippen molar-refractivity contribution in [3.8, 4) is 0 Å². The second kappa shape index (κ2) is 51.2. The summed E-state index contributed by atoms with van der Waals surface area (Å²) in [7, 11) is 0. The third kappa shape index (κ3) is 47.9. The molecule has 0 aliphatic heterocycles. The fourth-order valence-electron chi connectivity index (χ4n) is 8.58. The molecule has 0 aliphatic carbocycles. The van der Waals surface area contributed by atoms with Gasteiger partial charge >= 0.3 is 5.97 Å². The molecule has 2 unspecified atom stereocenters. The molecule has 0 saturated heterocycles. The highest BCUT2D eigenvalue weighted by molar-refractivity contribution is 5.76. The van der Waals surface area contributed by atoms with Crippen molar-refractivity contribution >= 4 is 11.9 Å². The van der Waals surface area contributed by atoms with Gasteiger partial charge in [-0.2, -0.15) is 0 Å². The normalized spacial score (nSPS) is 12.7. The fourth-order valence-corrected chi connectivity index (χ4v) is 8.58. The average molecular weight is 862 g/mol. The molecule has 0 saturated carbocycles. The number of unbranched alkanes of at least 4 members (excludes halogenated alkanes) is 40. The molecule has 362 valence electrons. The van der Waals surface area contributed by atoms with Gasteiger partial charge in [-0.3, -0.25) is 9.59 Å². The molecule has 0 aromatic rings. The summed E-state index contributed by atoms with van der Waals surface area (Å²) in [5.41, 5.74) is 0. The summed E-state index contributed by atoms with van der Waals surface area (Å²) >= 11 is 0. The maximum atomic E-state index is 12.4. The second-order valence-corrected chi connectivity index (χ2v) is 18.9. The number of aliphatic hydroxyl groups excluding tert-OH is 2. The number of aliphatic hydroxyl groups is 2. The lowest BCUT2D eigenvalue weighted by Gasteiger charge is -2.20. The number of hydrogen-bond donors (Lipinski definition) is 3. The highest BCUT2D eigenvalue weighted by atomic mass is 16.5. The number of carbonyl (C=O) groups excluding carboxylic acids is 2. The topological polar surface area (TPSA) is 95.9 Å².